The minimum atomic E-state index is 0.0463. The van der Waals surface area contributed by atoms with Crippen LogP contribution < -0.4 is 5.01 Å². The van der Waals surface area contributed by atoms with Gasteiger partial charge in [-0.05, 0) is 30.4 Å². The fourth-order valence-corrected chi connectivity index (χ4v) is 2.24. The summed E-state index contributed by atoms with van der Waals surface area (Å²) in [6.45, 7) is 0.738. The van der Waals surface area contributed by atoms with Gasteiger partial charge >= 0.3 is 0 Å². The molecule has 1 heterocycles. The van der Waals surface area contributed by atoms with E-state index in [9.17, 15) is 4.91 Å². The summed E-state index contributed by atoms with van der Waals surface area (Å²) < 4.78 is 0. The monoisotopic (exact) mass is 232 g/mol. The van der Waals surface area contributed by atoms with Gasteiger partial charge in [0.1, 0.15) is 0 Å². The summed E-state index contributed by atoms with van der Waals surface area (Å²) >= 11 is 0. The molecule has 0 spiro atoms. The van der Waals surface area contributed by atoms with Crippen LogP contribution in [0.25, 0.3) is 0 Å². The molecule has 0 aliphatic carbocycles. The molecule has 0 bridgehead atoms. The molecule has 1 aromatic carbocycles. The normalized spacial score (nSPS) is 15.0. The number of allylic oxidation sites excluding steroid dienone is 1. The lowest BCUT2D eigenvalue weighted by molar-refractivity contribution is 0.342. The van der Waals surface area contributed by atoms with Crippen molar-refractivity contribution in [2.24, 2.45) is 5.29 Å². The second-order valence-corrected chi connectivity index (χ2v) is 4.09. The fraction of sp³-hybridized carbons (Fsp3) is 0.385. The number of aliphatic hydroxyl groups is 1. The van der Waals surface area contributed by atoms with Gasteiger partial charge in [0.15, 0.2) is 0 Å². The van der Waals surface area contributed by atoms with Crippen molar-refractivity contribution in [3.05, 3.63) is 46.4 Å². The molecule has 17 heavy (non-hydrogen) atoms. The Morgan fingerprint density at radius 2 is 2.29 bits per heavy atom. The molecule has 1 aromatic rings. The SMILES string of the molecule is O=NN1CCCc2cccc(C/C=C/CO)c21. The maximum absolute atomic E-state index is 10.8. The third kappa shape index (κ3) is 2.53. The predicted octanol–water partition coefficient (Wildman–Crippen LogP) is 2.21. The fourth-order valence-electron chi connectivity index (χ4n) is 2.24. The van der Waals surface area contributed by atoms with Crippen LogP contribution in [0.3, 0.4) is 0 Å². The third-order valence-corrected chi connectivity index (χ3v) is 2.99. The van der Waals surface area contributed by atoms with Crippen LogP contribution >= 0.6 is 0 Å². The lowest BCUT2D eigenvalue weighted by Gasteiger charge is -2.26. The van der Waals surface area contributed by atoms with Crippen LogP contribution in [0.1, 0.15) is 17.5 Å². The minimum absolute atomic E-state index is 0.0463. The van der Waals surface area contributed by atoms with Crippen LogP contribution in [0.5, 0.6) is 0 Å². The van der Waals surface area contributed by atoms with E-state index < -0.39 is 0 Å². The molecule has 0 saturated heterocycles. The van der Waals surface area contributed by atoms with Crippen LogP contribution in [0.2, 0.25) is 0 Å². The third-order valence-electron chi connectivity index (χ3n) is 2.99. The number of benzene rings is 1. The van der Waals surface area contributed by atoms with E-state index in [4.69, 9.17) is 5.11 Å². The highest BCUT2D eigenvalue weighted by Gasteiger charge is 2.19. The van der Waals surface area contributed by atoms with Crippen molar-refractivity contribution in [2.75, 3.05) is 18.2 Å². The van der Waals surface area contributed by atoms with Gasteiger partial charge in [-0.3, -0.25) is 0 Å². The molecule has 0 atom stereocenters. The lowest BCUT2D eigenvalue weighted by atomic mass is 9.97. The Morgan fingerprint density at radius 1 is 1.41 bits per heavy atom. The molecule has 0 aromatic heterocycles. The summed E-state index contributed by atoms with van der Waals surface area (Å²) in [6.07, 6.45) is 6.30. The molecule has 0 amide bonds. The summed E-state index contributed by atoms with van der Waals surface area (Å²) in [6, 6.07) is 6.06. The van der Waals surface area contributed by atoms with Crippen molar-refractivity contribution in [1.82, 2.24) is 0 Å². The van der Waals surface area contributed by atoms with Crippen LogP contribution in [0.15, 0.2) is 35.6 Å². The zero-order valence-electron chi connectivity index (χ0n) is 9.67. The summed E-state index contributed by atoms with van der Waals surface area (Å²) in [5.41, 5.74) is 3.23. The number of nitrogens with zero attached hydrogens (tertiary/aromatic N) is 2. The van der Waals surface area contributed by atoms with Crippen molar-refractivity contribution in [3.63, 3.8) is 0 Å². The van der Waals surface area contributed by atoms with Gasteiger partial charge in [0.25, 0.3) is 0 Å². The van der Waals surface area contributed by atoms with E-state index in [1.807, 2.05) is 24.3 Å². The van der Waals surface area contributed by atoms with Crippen LogP contribution in [0.4, 0.5) is 5.69 Å². The highest BCUT2D eigenvalue weighted by Crippen LogP contribution is 2.31. The average Bonchev–Trinajstić information content (AvgIpc) is 2.38. The molecular formula is C13H16N2O2. The van der Waals surface area contributed by atoms with Crippen molar-refractivity contribution < 1.29 is 5.11 Å². The number of nitroso groups, excluding NO2 is 1. The number of aryl methyl sites for hydroxylation is 1. The van der Waals surface area contributed by atoms with Crippen LogP contribution in [-0.4, -0.2) is 18.3 Å². The first-order chi connectivity index (χ1) is 8.36. The van der Waals surface area contributed by atoms with E-state index in [0.717, 1.165) is 30.5 Å². The van der Waals surface area contributed by atoms with E-state index in [0.29, 0.717) is 6.54 Å². The first kappa shape index (κ1) is 11.8. The summed E-state index contributed by atoms with van der Waals surface area (Å²) in [5.74, 6) is 0. The summed E-state index contributed by atoms with van der Waals surface area (Å²) in [5, 5.41) is 13.3. The lowest BCUT2D eigenvalue weighted by Crippen LogP contribution is -2.24. The van der Waals surface area contributed by atoms with E-state index in [2.05, 4.69) is 5.29 Å². The van der Waals surface area contributed by atoms with Gasteiger partial charge in [-0.25, -0.2) is 5.01 Å². The maximum atomic E-state index is 10.8. The highest BCUT2D eigenvalue weighted by molar-refractivity contribution is 5.61. The molecule has 0 fully saturated rings. The standard InChI is InChI=1S/C13H16N2O2/c16-10-2-1-5-11-6-3-7-12-8-4-9-15(14-17)13(11)12/h1-3,6-7,16H,4-5,8-10H2/b2-1+. The molecule has 2 rings (SSSR count). The van der Waals surface area contributed by atoms with Gasteiger partial charge in [0.2, 0.25) is 0 Å². The summed E-state index contributed by atoms with van der Waals surface area (Å²) in [4.78, 5) is 10.8. The second-order valence-electron chi connectivity index (χ2n) is 4.09. The highest BCUT2D eigenvalue weighted by atomic mass is 16.3. The average molecular weight is 232 g/mol. The largest absolute Gasteiger partial charge is 0.392 e. The van der Waals surface area contributed by atoms with Gasteiger partial charge in [-0.15, -0.1) is 4.91 Å². The number of para-hydroxylation sites is 1. The molecule has 4 heteroatoms. The topological polar surface area (TPSA) is 52.9 Å². The number of hydrogen-bond donors (Lipinski definition) is 1. The number of hydrogen-bond acceptors (Lipinski definition) is 3. The number of fused-ring (bicyclic) bond motifs is 1. The molecule has 0 saturated carbocycles. The van der Waals surface area contributed by atoms with Gasteiger partial charge in [-0.2, -0.15) is 0 Å². The Balaban J connectivity index is 2.32. The molecular weight excluding hydrogens is 216 g/mol. The van der Waals surface area contributed by atoms with E-state index in [1.165, 1.54) is 5.56 Å². The summed E-state index contributed by atoms with van der Waals surface area (Å²) in [7, 11) is 0. The molecule has 1 aliphatic heterocycles. The molecule has 1 aliphatic rings. The van der Waals surface area contributed by atoms with Crippen molar-refractivity contribution in [2.45, 2.75) is 19.3 Å². The maximum Gasteiger partial charge on any atom is 0.0693 e. The predicted molar refractivity (Wildman–Crippen MR) is 67.8 cm³/mol. The minimum Gasteiger partial charge on any atom is -0.392 e. The van der Waals surface area contributed by atoms with E-state index in [1.54, 1.807) is 11.1 Å². The van der Waals surface area contributed by atoms with Gasteiger partial charge in [-0.1, -0.05) is 30.4 Å². The molecule has 1 N–H and O–H groups in total. The van der Waals surface area contributed by atoms with Crippen molar-refractivity contribution in [3.8, 4) is 0 Å². The van der Waals surface area contributed by atoms with Crippen molar-refractivity contribution in [1.29, 1.82) is 0 Å². The Kier molecular flexibility index (Phi) is 3.88. The zero-order chi connectivity index (χ0) is 12.1. The van der Waals surface area contributed by atoms with Crippen LogP contribution in [0, 0.1) is 4.91 Å². The Labute approximate surface area is 101 Å². The molecule has 4 nitrogen and oxygen atoms in total. The van der Waals surface area contributed by atoms with Gasteiger partial charge < -0.3 is 5.11 Å². The van der Waals surface area contributed by atoms with E-state index in [-0.39, 0.29) is 6.61 Å². The second kappa shape index (κ2) is 5.59. The van der Waals surface area contributed by atoms with Gasteiger partial charge in [0, 0.05) is 6.54 Å². The number of rotatable bonds is 4. The number of aliphatic hydroxyl groups excluding tert-OH is 1. The first-order valence-electron chi connectivity index (χ1n) is 5.84. The molecule has 90 valence electrons. The van der Waals surface area contributed by atoms with Crippen LogP contribution in [-0.2, 0) is 12.8 Å². The molecule has 0 radical (unpaired) electrons. The molecule has 0 unspecified atom stereocenters. The Hall–Kier alpha value is -1.68. The quantitative estimate of drug-likeness (QED) is 0.639. The Morgan fingerprint density at radius 3 is 3.06 bits per heavy atom. The Bertz CT molecular complexity index is 429. The first-order valence-corrected chi connectivity index (χ1v) is 5.84. The van der Waals surface area contributed by atoms with Gasteiger partial charge in [0.05, 0.1) is 17.6 Å². The van der Waals surface area contributed by atoms with Crippen molar-refractivity contribution >= 4 is 5.69 Å². The zero-order valence-corrected chi connectivity index (χ0v) is 9.67. The smallest absolute Gasteiger partial charge is 0.0693 e. The van der Waals surface area contributed by atoms with E-state index >= 15 is 0 Å². The number of anilines is 1.